The lowest BCUT2D eigenvalue weighted by Crippen LogP contribution is -2.29. The second-order valence-electron chi connectivity index (χ2n) is 2.81. The summed E-state index contributed by atoms with van der Waals surface area (Å²) in [6.45, 7) is 1.54. The lowest BCUT2D eigenvalue weighted by molar-refractivity contribution is 0.325. The highest BCUT2D eigenvalue weighted by molar-refractivity contribution is 6.36. The Labute approximate surface area is 82.4 Å². The minimum atomic E-state index is 0.0235. The van der Waals surface area contributed by atoms with E-state index in [9.17, 15) is 0 Å². The first-order valence-electron chi connectivity index (χ1n) is 3.86. The van der Waals surface area contributed by atoms with Gasteiger partial charge < -0.3 is 0 Å². The fourth-order valence-electron chi connectivity index (χ4n) is 1.39. The van der Waals surface area contributed by atoms with Crippen LogP contribution in [0.3, 0.4) is 0 Å². The molecule has 1 saturated heterocycles. The van der Waals surface area contributed by atoms with E-state index in [2.05, 4.69) is 6.07 Å². The number of nitrogens with zero attached hydrogens (tertiary/aromatic N) is 2. The molecule has 0 radical (unpaired) electrons. The maximum Gasteiger partial charge on any atom is 0.0981 e. The van der Waals surface area contributed by atoms with E-state index in [4.69, 9.17) is 28.5 Å². The van der Waals surface area contributed by atoms with Crippen LogP contribution in [0.25, 0.3) is 0 Å². The zero-order valence-corrected chi connectivity index (χ0v) is 8.15. The molecule has 12 heavy (non-hydrogen) atoms. The molecule has 0 N–H and O–H groups in total. The van der Waals surface area contributed by atoms with Gasteiger partial charge in [-0.3, -0.25) is 4.90 Å². The maximum absolute atomic E-state index is 8.73. The van der Waals surface area contributed by atoms with Crippen molar-refractivity contribution in [2.75, 3.05) is 13.1 Å². The van der Waals surface area contributed by atoms with Gasteiger partial charge in [-0.05, 0) is 19.4 Å². The van der Waals surface area contributed by atoms with Crippen LogP contribution < -0.4 is 0 Å². The standard InChI is InChI=1S/C8H10Cl2N2/c9-4-7(10)6-12-3-1-2-8(12)5-11/h4,8H,1-3,6H2/b7-4+. The number of hydrogen-bond donors (Lipinski definition) is 0. The van der Waals surface area contributed by atoms with Crippen molar-refractivity contribution in [1.29, 1.82) is 5.26 Å². The number of nitriles is 1. The number of rotatable bonds is 2. The van der Waals surface area contributed by atoms with E-state index in [1.54, 1.807) is 0 Å². The molecule has 0 spiro atoms. The van der Waals surface area contributed by atoms with Gasteiger partial charge in [0.1, 0.15) is 0 Å². The number of likely N-dealkylation sites (tertiary alicyclic amines) is 1. The Morgan fingerprint density at radius 3 is 3.08 bits per heavy atom. The summed E-state index contributed by atoms with van der Waals surface area (Å²) in [5.74, 6) is 0. The molecule has 0 amide bonds. The number of hydrogen-bond acceptors (Lipinski definition) is 2. The summed E-state index contributed by atoms with van der Waals surface area (Å²) in [6, 6.07) is 2.26. The van der Waals surface area contributed by atoms with Crippen LogP contribution in [-0.2, 0) is 0 Å². The normalized spacial score (nSPS) is 25.8. The van der Waals surface area contributed by atoms with Crippen molar-refractivity contribution < 1.29 is 0 Å². The average molecular weight is 205 g/mol. The Hall–Kier alpha value is -0.230. The Morgan fingerprint density at radius 1 is 1.75 bits per heavy atom. The van der Waals surface area contributed by atoms with Crippen LogP contribution in [0.2, 0.25) is 0 Å². The van der Waals surface area contributed by atoms with Crippen LogP contribution in [0, 0.1) is 11.3 Å². The third-order valence-electron chi connectivity index (χ3n) is 1.99. The molecule has 1 rings (SSSR count). The van der Waals surface area contributed by atoms with Gasteiger partial charge >= 0.3 is 0 Å². The van der Waals surface area contributed by atoms with E-state index >= 15 is 0 Å². The fourth-order valence-corrected chi connectivity index (χ4v) is 1.61. The molecule has 0 aromatic rings. The monoisotopic (exact) mass is 204 g/mol. The molecule has 4 heteroatoms. The summed E-state index contributed by atoms with van der Waals surface area (Å²) in [5, 5.41) is 9.33. The van der Waals surface area contributed by atoms with E-state index < -0.39 is 0 Å². The van der Waals surface area contributed by atoms with Crippen molar-refractivity contribution in [3.05, 3.63) is 10.6 Å². The second kappa shape index (κ2) is 4.71. The Kier molecular flexibility index (Phi) is 3.87. The molecule has 0 aromatic carbocycles. The molecular weight excluding hydrogens is 195 g/mol. The van der Waals surface area contributed by atoms with Crippen LogP contribution in [0.15, 0.2) is 10.6 Å². The summed E-state index contributed by atoms with van der Waals surface area (Å²) >= 11 is 11.2. The Bertz CT molecular complexity index is 220. The van der Waals surface area contributed by atoms with Crippen molar-refractivity contribution in [3.63, 3.8) is 0 Å². The third kappa shape index (κ3) is 2.38. The molecule has 1 fully saturated rings. The maximum atomic E-state index is 8.73. The fraction of sp³-hybridized carbons (Fsp3) is 0.625. The van der Waals surface area contributed by atoms with Gasteiger partial charge in [-0.15, -0.1) is 0 Å². The highest BCUT2D eigenvalue weighted by Crippen LogP contribution is 2.19. The van der Waals surface area contributed by atoms with Gasteiger partial charge in [0.25, 0.3) is 0 Å². The highest BCUT2D eigenvalue weighted by atomic mass is 35.5. The van der Waals surface area contributed by atoms with E-state index in [-0.39, 0.29) is 6.04 Å². The van der Waals surface area contributed by atoms with Gasteiger partial charge in [0.2, 0.25) is 0 Å². The zero-order chi connectivity index (χ0) is 8.97. The summed E-state index contributed by atoms with van der Waals surface area (Å²) in [5.41, 5.74) is 1.36. The van der Waals surface area contributed by atoms with Gasteiger partial charge in [0.15, 0.2) is 0 Å². The highest BCUT2D eigenvalue weighted by Gasteiger charge is 2.23. The lowest BCUT2D eigenvalue weighted by Gasteiger charge is -2.17. The topological polar surface area (TPSA) is 27.0 Å². The van der Waals surface area contributed by atoms with E-state index in [0.29, 0.717) is 11.6 Å². The first kappa shape index (κ1) is 9.85. The molecule has 1 aliphatic rings. The lowest BCUT2D eigenvalue weighted by atomic mass is 10.2. The second-order valence-corrected chi connectivity index (χ2v) is 3.52. The van der Waals surface area contributed by atoms with E-state index in [0.717, 1.165) is 19.4 Å². The SMILES string of the molecule is N#CC1CCCN1C/C(Cl)=C\Cl. The van der Waals surface area contributed by atoms with Gasteiger partial charge in [-0.25, -0.2) is 0 Å². The van der Waals surface area contributed by atoms with Crippen LogP contribution >= 0.6 is 23.2 Å². The molecule has 66 valence electrons. The predicted octanol–water partition coefficient (Wildman–Crippen LogP) is 2.29. The zero-order valence-electron chi connectivity index (χ0n) is 6.63. The summed E-state index contributed by atoms with van der Waals surface area (Å²) in [4.78, 5) is 2.04. The van der Waals surface area contributed by atoms with Crippen LogP contribution in [0.4, 0.5) is 0 Å². The third-order valence-corrected chi connectivity index (χ3v) is 2.59. The first-order chi connectivity index (χ1) is 5.77. The average Bonchev–Trinajstić information content (AvgIpc) is 2.51. The molecule has 0 aliphatic carbocycles. The van der Waals surface area contributed by atoms with Gasteiger partial charge in [0.05, 0.1) is 12.1 Å². The Balaban J connectivity index is 2.47. The van der Waals surface area contributed by atoms with Crippen molar-refractivity contribution in [3.8, 4) is 6.07 Å². The quantitative estimate of drug-likeness (QED) is 0.691. The van der Waals surface area contributed by atoms with Gasteiger partial charge in [-0.1, -0.05) is 23.2 Å². The van der Waals surface area contributed by atoms with Crippen molar-refractivity contribution in [1.82, 2.24) is 4.90 Å². The van der Waals surface area contributed by atoms with Crippen molar-refractivity contribution in [2.24, 2.45) is 0 Å². The molecule has 1 heterocycles. The van der Waals surface area contributed by atoms with Crippen LogP contribution in [-0.4, -0.2) is 24.0 Å². The Morgan fingerprint density at radius 2 is 2.50 bits per heavy atom. The van der Waals surface area contributed by atoms with Crippen LogP contribution in [0.5, 0.6) is 0 Å². The molecular formula is C8H10Cl2N2. The van der Waals surface area contributed by atoms with Crippen molar-refractivity contribution in [2.45, 2.75) is 18.9 Å². The van der Waals surface area contributed by atoms with Crippen LogP contribution in [0.1, 0.15) is 12.8 Å². The number of halogens is 2. The molecule has 0 aromatic heterocycles. The molecule has 1 atom stereocenters. The molecule has 0 bridgehead atoms. The molecule has 2 nitrogen and oxygen atoms in total. The first-order valence-corrected chi connectivity index (χ1v) is 4.68. The summed E-state index contributed by atoms with van der Waals surface area (Å²) in [7, 11) is 0. The predicted molar refractivity (Wildman–Crippen MR) is 50.0 cm³/mol. The molecule has 1 aliphatic heterocycles. The smallest absolute Gasteiger partial charge is 0.0981 e. The minimum Gasteiger partial charge on any atom is -0.283 e. The largest absolute Gasteiger partial charge is 0.283 e. The van der Waals surface area contributed by atoms with Crippen molar-refractivity contribution >= 4 is 23.2 Å². The van der Waals surface area contributed by atoms with Gasteiger partial charge in [0, 0.05) is 17.1 Å². The molecule has 1 unspecified atom stereocenters. The molecule has 0 saturated carbocycles. The minimum absolute atomic E-state index is 0.0235. The van der Waals surface area contributed by atoms with E-state index in [1.165, 1.54) is 5.54 Å². The van der Waals surface area contributed by atoms with E-state index in [1.807, 2.05) is 4.90 Å². The summed E-state index contributed by atoms with van der Waals surface area (Å²) in [6.07, 6.45) is 2.02. The summed E-state index contributed by atoms with van der Waals surface area (Å²) < 4.78 is 0. The van der Waals surface area contributed by atoms with Gasteiger partial charge in [-0.2, -0.15) is 5.26 Å².